The second-order valence-electron chi connectivity index (χ2n) is 5.91. The maximum Gasteiger partial charge on any atom is 0.273 e. The fourth-order valence-electron chi connectivity index (χ4n) is 1.79. The van der Waals surface area contributed by atoms with Gasteiger partial charge in [-0.1, -0.05) is 39.3 Å². The fourth-order valence-corrected chi connectivity index (χ4v) is 1.79. The number of nitrogens with zero attached hydrogens (tertiary/aromatic N) is 1. The van der Waals surface area contributed by atoms with Crippen LogP contribution in [0.5, 0.6) is 0 Å². The van der Waals surface area contributed by atoms with Crippen LogP contribution in [0, 0.1) is 5.41 Å². The molecule has 0 spiro atoms. The van der Waals surface area contributed by atoms with E-state index >= 15 is 0 Å². The first-order valence-corrected chi connectivity index (χ1v) is 7.43. The predicted molar refractivity (Wildman–Crippen MR) is 79.8 cm³/mol. The number of amides is 1. The molecule has 0 aromatic carbocycles. The number of nitrogens with one attached hydrogen (secondary N) is 2. The lowest BCUT2D eigenvalue weighted by molar-refractivity contribution is 0.0927. The highest BCUT2D eigenvalue weighted by Gasteiger charge is 2.20. The summed E-state index contributed by atoms with van der Waals surface area (Å²) in [5.41, 5.74) is 0.373. The number of carbonyl (C=O) groups excluding carboxylic acids is 1. The van der Waals surface area contributed by atoms with Crippen LogP contribution >= 0.6 is 0 Å². The number of hydrogen-bond donors (Lipinski definition) is 2. The lowest BCUT2D eigenvalue weighted by Crippen LogP contribution is -2.40. The molecule has 20 heavy (non-hydrogen) atoms. The van der Waals surface area contributed by atoms with Gasteiger partial charge in [-0.15, -0.1) is 0 Å². The third-order valence-corrected chi connectivity index (χ3v) is 3.18. The number of carbonyl (C=O) groups is 1. The number of aryl methyl sites for hydroxylation is 1. The summed E-state index contributed by atoms with van der Waals surface area (Å²) in [5.74, 6) is 0.561. The normalized spacial score (nSPS) is 11.6. The Balaban J connectivity index is 2.35. The molecule has 0 aliphatic rings. The van der Waals surface area contributed by atoms with E-state index in [1.54, 1.807) is 6.07 Å². The second-order valence-corrected chi connectivity index (χ2v) is 5.91. The van der Waals surface area contributed by atoms with Crippen LogP contribution in [0.2, 0.25) is 0 Å². The highest BCUT2D eigenvalue weighted by atomic mass is 16.5. The summed E-state index contributed by atoms with van der Waals surface area (Å²) in [6, 6.07) is 1.70. The molecule has 5 nitrogen and oxygen atoms in total. The monoisotopic (exact) mass is 281 g/mol. The van der Waals surface area contributed by atoms with Crippen LogP contribution in [-0.4, -0.2) is 30.7 Å². The summed E-state index contributed by atoms with van der Waals surface area (Å²) in [5, 5.41) is 10.1. The Hall–Kier alpha value is -1.36. The van der Waals surface area contributed by atoms with E-state index in [0.717, 1.165) is 25.3 Å². The van der Waals surface area contributed by atoms with Crippen LogP contribution in [0.3, 0.4) is 0 Å². The number of aromatic nitrogens is 1. The number of hydrogen-bond acceptors (Lipinski definition) is 4. The first-order valence-electron chi connectivity index (χ1n) is 7.43. The van der Waals surface area contributed by atoms with Gasteiger partial charge in [-0.3, -0.25) is 4.79 Å². The second kappa shape index (κ2) is 8.04. The zero-order valence-corrected chi connectivity index (χ0v) is 13.1. The molecule has 0 bridgehead atoms. The summed E-state index contributed by atoms with van der Waals surface area (Å²) in [6.07, 6.45) is 3.12. The van der Waals surface area contributed by atoms with Gasteiger partial charge in [-0.25, -0.2) is 0 Å². The average Bonchev–Trinajstić information content (AvgIpc) is 2.90. The summed E-state index contributed by atoms with van der Waals surface area (Å²) in [4.78, 5) is 11.9. The Bertz CT molecular complexity index is 413. The largest absolute Gasteiger partial charge is 0.361 e. The van der Waals surface area contributed by atoms with Gasteiger partial charge in [-0.05, 0) is 18.4 Å². The third kappa shape index (κ3) is 5.74. The minimum absolute atomic E-state index is 0.0146. The van der Waals surface area contributed by atoms with E-state index in [0.29, 0.717) is 12.2 Å². The zero-order chi connectivity index (χ0) is 15.0. The first-order chi connectivity index (χ1) is 9.48. The van der Waals surface area contributed by atoms with Crippen LogP contribution in [-0.2, 0) is 6.42 Å². The summed E-state index contributed by atoms with van der Waals surface area (Å²) >= 11 is 0. The van der Waals surface area contributed by atoms with E-state index in [2.05, 4.69) is 36.6 Å². The van der Waals surface area contributed by atoms with Crippen LogP contribution in [0.4, 0.5) is 0 Å². The highest BCUT2D eigenvalue weighted by Crippen LogP contribution is 2.12. The van der Waals surface area contributed by atoms with Gasteiger partial charge >= 0.3 is 0 Å². The molecule has 0 fully saturated rings. The lowest BCUT2D eigenvalue weighted by atomic mass is 9.93. The molecule has 1 aromatic rings. The van der Waals surface area contributed by atoms with Gasteiger partial charge < -0.3 is 15.2 Å². The zero-order valence-electron chi connectivity index (χ0n) is 13.1. The predicted octanol–water partition coefficient (Wildman–Crippen LogP) is 2.38. The van der Waals surface area contributed by atoms with Gasteiger partial charge in [0.1, 0.15) is 5.76 Å². The molecule has 1 amide bonds. The van der Waals surface area contributed by atoms with Gasteiger partial charge in [-0.2, -0.15) is 0 Å². The van der Waals surface area contributed by atoms with E-state index in [4.69, 9.17) is 4.52 Å². The van der Waals surface area contributed by atoms with Gasteiger partial charge in [0.05, 0.1) is 0 Å². The van der Waals surface area contributed by atoms with Crippen molar-refractivity contribution in [1.29, 1.82) is 0 Å². The van der Waals surface area contributed by atoms with Crippen molar-refractivity contribution in [1.82, 2.24) is 15.8 Å². The topological polar surface area (TPSA) is 67.2 Å². The molecular weight excluding hydrogens is 254 g/mol. The molecule has 5 heteroatoms. The Morgan fingerprint density at radius 2 is 2.10 bits per heavy atom. The minimum atomic E-state index is -0.171. The van der Waals surface area contributed by atoms with E-state index < -0.39 is 0 Å². The van der Waals surface area contributed by atoms with Crippen molar-refractivity contribution in [3.05, 3.63) is 17.5 Å². The van der Waals surface area contributed by atoms with Gasteiger partial charge in [0.25, 0.3) is 5.91 Å². The number of unbranched alkanes of at least 4 members (excludes halogenated alkanes) is 1. The van der Waals surface area contributed by atoms with Crippen molar-refractivity contribution < 1.29 is 9.32 Å². The molecule has 114 valence electrons. The molecule has 0 atom stereocenters. The van der Waals surface area contributed by atoms with Crippen molar-refractivity contribution in [3.63, 3.8) is 0 Å². The molecule has 2 N–H and O–H groups in total. The third-order valence-electron chi connectivity index (χ3n) is 3.18. The summed E-state index contributed by atoms with van der Waals surface area (Å²) in [6.45, 7) is 10.9. The van der Waals surface area contributed by atoms with Crippen LogP contribution < -0.4 is 10.6 Å². The smallest absolute Gasteiger partial charge is 0.273 e. The van der Waals surface area contributed by atoms with Gasteiger partial charge in [0.2, 0.25) is 0 Å². The van der Waals surface area contributed by atoms with E-state index in [9.17, 15) is 4.79 Å². The Kier molecular flexibility index (Phi) is 6.71. The molecule has 1 aromatic heterocycles. The Morgan fingerprint density at radius 1 is 1.35 bits per heavy atom. The van der Waals surface area contributed by atoms with E-state index in [-0.39, 0.29) is 11.3 Å². The van der Waals surface area contributed by atoms with Crippen molar-refractivity contribution in [2.45, 2.75) is 47.0 Å². The van der Waals surface area contributed by atoms with Crippen molar-refractivity contribution >= 4 is 5.91 Å². The molecule has 0 unspecified atom stereocenters. The molecule has 0 aliphatic heterocycles. The van der Waals surface area contributed by atoms with E-state index in [1.165, 1.54) is 12.8 Å². The van der Waals surface area contributed by atoms with Crippen molar-refractivity contribution in [2.75, 3.05) is 19.6 Å². The average molecular weight is 281 g/mol. The van der Waals surface area contributed by atoms with Crippen LogP contribution in [0.1, 0.15) is 56.8 Å². The molecule has 0 aliphatic carbocycles. The van der Waals surface area contributed by atoms with Gasteiger partial charge in [0, 0.05) is 25.6 Å². The molecular formula is C15H27N3O2. The number of rotatable bonds is 9. The Morgan fingerprint density at radius 3 is 2.70 bits per heavy atom. The van der Waals surface area contributed by atoms with Crippen LogP contribution in [0.15, 0.2) is 10.6 Å². The minimum Gasteiger partial charge on any atom is -0.361 e. The maximum absolute atomic E-state index is 11.9. The van der Waals surface area contributed by atoms with Gasteiger partial charge in [0.15, 0.2) is 5.69 Å². The fraction of sp³-hybridized carbons (Fsp3) is 0.733. The molecule has 0 saturated heterocycles. The summed E-state index contributed by atoms with van der Waals surface area (Å²) < 4.78 is 5.04. The Labute approximate surface area is 121 Å². The summed E-state index contributed by atoms with van der Waals surface area (Å²) in [7, 11) is 0. The van der Waals surface area contributed by atoms with Crippen LogP contribution in [0.25, 0.3) is 0 Å². The molecule has 0 radical (unpaired) electrons. The standard InChI is InChI=1S/C15H27N3O2/c1-5-7-8-16-10-15(3,4)11-17-14(19)13-9-12(6-2)20-18-13/h9,16H,5-8,10-11H2,1-4H3,(H,17,19). The highest BCUT2D eigenvalue weighted by molar-refractivity contribution is 5.92. The maximum atomic E-state index is 11.9. The quantitative estimate of drug-likeness (QED) is 0.682. The molecule has 0 saturated carbocycles. The van der Waals surface area contributed by atoms with Crippen molar-refractivity contribution in [3.8, 4) is 0 Å². The van der Waals surface area contributed by atoms with Crippen molar-refractivity contribution in [2.24, 2.45) is 5.41 Å². The lowest BCUT2D eigenvalue weighted by Gasteiger charge is -2.25. The first kappa shape index (κ1) is 16.7. The SMILES string of the molecule is CCCCNCC(C)(C)CNC(=O)c1cc(CC)on1. The molecule has 1 heterocycles. The molecule has 1 rings (SSSR count). The van der Waals surface area contributed by atoms with E-state index in [1.807, 2.05) is 6.92 Å².